The van der Waals surface area contributed by atoms with Crippen molar-refractivity contribution in [1.82, 2.24) is 0 Å². The Bertz CT molecular complexity index is 1810. The van der Waals surface area contributed by atoms with Crippen molar-refractivity contribution < 1.29 is 83.6 Å². The van der Waals surface area contributed by atoms with E-state index in [1.165, 1.54) is 12.5 Å². The number of carbonyl (C=O) groups is 2. The number of carbonyl (C=O) groups excluding carboxylic acids is 1. The average molecular weight is 925 g/mol. The minimum absolute atomic E-state index is 0.000687. The first-order valence-corrected chi connectivity index (χ1v) is 24.0. The Labute approximate surface area is 382 Å². The highest BCUT2D eigenvalue weighted by molar-refractivity contribution is 5.76. The molecule has 8 aliphatic rings. The SMILES string of the molecule is CC(=O)O[C@@H]1[C@@H](O)[C@H](O[C@@H]2[C@@H](O)[C@H](C)O[C@H](O[C@@H]3[C@H](O[C@H]4CC[C@@]5(C)[C@@H](CC[C@]6(C)[C@@H]5CC=C5[C@H]7CC(C)(C)CC[C@@]7(C(=O)O)CC[C@]56C)[C@]4(C)CO)OC[C@@H](O)[C@@H]3O)[C@@H]2O)OC[C@@H]1O. The van der Waals surface area contributed by atoms with Crippen LogP contribution < -0.4 is 0 Å². The minimum Gasteiger partial charge on any atom is -0.481 e. The average Bonchev–Trinajstić information content (AvgIpc) is 3.24. The number of aliphatic hydroxyl groups excluding tert-OH is 7. The first-order valence-electron chi connectivity index (χ1n) is 24.0. The van der Waals surface area contributed by atoms with Gasteiger partial charge in [0, 0.05) is 12.3 Å². The van der Waals surface area contributed by atoms with Gasteiger partial charge in [0.15, 0.2) is 25.0 Å². The van der Waals surface area contributed by atoms with E-state index in [2.05, 4.69) is 47.6 Å². The van der Waals surface area contributed by atoms with Crippen LogP contribution in [0.5, 0.6) is 0 Å². The van der Waals surface area contributed by atoms with Crippen LogP contribution in [0, 0.1) is 50.2 Å². The zero-order valence-electron chi connectivity index (χ0n) is 39.3. The summed E-state index contributed by atoms with van der Waals surface area (Å²) in [5, 5.41) is 88.4. The largest absolute Gasteiger partial charge is 0.481 e. The van der Waals surface area contributed by atoms with Gasteiger partial charge in [-0.25, -0.2) is 0 Å². The molecule has 0 aromatic rings. The summed E-state index contributed by atoms with van der Waals surface area (Å²) in [4.78, 5) is 24.8. The molecule has 0 spiro atoms. The Morgan fingerprint density at radius 2 is 1.37 bits per heavy atom. The molecule has 0 radical (unpaired) electrons. The maximum atomic E-state index is 13.1. The molecular formula is C48H76O17. The smallest absolute Gasteiger partial charge is 0.310 e. The monoisotopic (exact) mass is 925 g/mol. The first-order chi connectivity index (χ1) is 30.4. The van der Waals surface area contributed by atoms with Gasteiger partial charge in [-0.3, -0.25) is 9.59 Å². The fourth-order valence-corrected chi connectivity index (χ4v) is 14.9. The van der Waals surface area contributed by atoms with Gasteiger partial charge < -0.3 is 74.0 Å². The van der Waals surface area contributed by atoms with Crippen LogP contribution in [0.1, 0.15) is 120 Å². The molecule has 0 unspecified atom stereocenters. The number of ether oxygens (including phenoxy) is 7. The van der Waals surface area contributed by atoms with Crippen LogP contribution in [0.3, 0.4) is 0 Å². The molecule has 0 bridgehead atoms. The summed E-state index contributed by atoms with van der Waals surface area (Å²) in [5.41, 5.74) is -0.583. The van der Waals surface area contributed by atoms with Crippen LogP contribution in [-0.2, 0) is 42.7 Å². The van der Waals surface area contributed by atoms with Crippen molar-refractivity contribution in [2.24, 2.45) is 50.2 Å². The highest BCUT2D eigenvalue weighted by Gasteiger charge is 2.70. The molecule has 0 aromatic heterocycles. The Morgan fingerprint density at radius 3 is 2.05 bits per heavy atom. The van der Waals surface area contributed by atoms with E-state index in [-0.39, 0.29) is 59.2 Å². The molecule has 5 aliphatic carbocycles. The second kappa shape index (κ2) is 17.5. The highest BCUT2D eigenvalue weighted by atomic mass is 16.8. The quantitative estimate of drug-likeness (QED) is 0.0939. The number of aliphatic hydroxyl groups is 7. The van der Waals surface area contributed by atoms with Crippen molar-refractivity contribution in [3.8, 4) is 0 Å². The lowest BCUT2D eigenvalue weighted by Gasteiger charge is -2.71. The molecule has 8 rings (SSSR count). The Morgan fingerprint density at radius 1 is 0.723 bits per heavy atom. The molecular weight excluding hydrogens is 849 g/mol. The predicted molar refractivity (Wildman–Crippen MR) is 228 cm³/mol. The number of carboxylic acid groups (broad SMARTS) is 1. The maximum Gasteiger partial charge on any atom is 0.310 e. The van der Waals surface area contributed by atoms with Crippen LogP contribution in [0.2, 0.25) is 0 Å². The summed E-state index contributed by atoms with van der Waals surface area (Å²) in [6, 6.07) is 0. The zero-order chi connectivity index (χ0) is 47.4. The van der Waals surface area contributed by atoms with E-state index in [0.717, 1.165) is 51.9 Å². The van der Waals surface area contributed by atoms with E-state index in [0.29, 0.717) is 19.3 Å². The number of hydrogen-bond donors (Lipinski definition) is 8. The molecule has 7 fully saturated rings. The standard InChI is InChI=1S/C48H76O17/c1-23-32(53)37(64-39-34(55)36(62-24(2)50)28(52)21-59-39)35(56)40(61-23)65-38-33(54)27(51)20-60-41(38)63-31-12-13-44(5)29(45(31,6)22-49)11-14-47(8)30(44)10-9-25-26-19-43(3,4)15-17-48(26,42(57)58)18-16-46(25,47)7/h9,23,26-41,49,51-56H,10-22H2,1-8H3,(H,57,58)/t23-,26+,27+,28-,29+,30+,31-,32-,33-,34+,35+,36-,37+,38-,39-,40+,41-,44-,45-,46+,47+,48+/m0/s1. The molecule has 0 aromatic carbocycles. The van der Waals surface area contributed by atoms with Gasteiger partial charge in [0.1, 0.15) is 48.8 Å². The van der Waals surface area contributed by atoms with Crippen LogP contribution in [0.4, 0.5) is 0 Å². The Hall–Kier alpha value is -1.84. The van der Waals surface area contributed by atoms with Gasteiger partial charge in [0.25, 0.3) is 0 Å². The number of fused-ring (bicyclic) bond motifs is 7. The summed E-state index contributed by atoms with van der Waals surface area (Å²) in [7, 11) is 0. The fourth-order valence-electron chi connectivity index (χ4n) is 14.9. The first kappa shape index (κ1) is 49.6. The van der Waals surface area contributed by atoms with Crippen molar-refractivity contribution in [2.75, 3.05) is 19.8 Å². The van der Waals surface area contributed by atoms with E-state index in [1.807, 2.05) is 0 Å². The van der Waals surface area contributed by atoms with Gasteiger partial charge in [0.05, 0.1) is 37.4 Å². The van der Waals surface area contributed by atoms with E-state index >= 15 is 0 Å². The van der Waals surface area contributed by atoms with Gasteiger partial charge in [0.2, 0.25) is 0 Å². The van der Waals surface area contributed by atoms with Crippen molar-refractivity contribution >= 4 is 11.9 Å². The lowest BCUT2D eigenvalue weighted by Crippen LogP contribution is -2.67. The van der Waals surface area contributed by atoms with Crippen LogP contribution >= 0.6 is 0 Å². The van der Waals surface area contributed by atoms with Gasteiger partial charge >= 0.3 is 11.9 Å². The molecule has 4 saturated carbocycles. The number of allylic oxidation sites excluding steroid dienone is 2. The molecule has 3 heterocycles. The number of hydrogen-bond acceptors (Lipinski definition) is 16. The molecule has 370 valence electrons. The third-order valence-corrected chi connectivity index (χ3v) is 19.0. The third kappa shape index (κ3) is 7.96. The Balaban J connectivity index is 1.01. The van der Waals surface area contributed by atoms with Crippen molar-refractivity contribution in [2.45, 2.75) is 206 Å². The lowest BCUT2D eigenvalue weighted by atomic mass is 9.33. The van der Waals surface area contributed by atoms with Gasteiger partial charge in [-0.15, -0.1) is 0 Å². The van der Waals surface area contributed by atoms with Crippen molar-refractivity contribution in [3.05, 3.63) is 11.6 Å². The number of carboxylic acids is 1. The van der Waals surface area contributed by atoms with Crippen molar-refractivity contribution in [1.29, 1.82) is 0 Å². The predicted octanol–water partition coefficient (Wildman–Crippen LogP) is 2.56. The van der Waals surface area contributed by atoms with Crippen LogP contribution in [-0.4, -0.2) is 159 Å². The van der Waals surface area contributed by atoms with E-state index in [1.54, 1.807) is 0 Å². The highest BCUT2D eigenvalue weighted by Crippen LogP contribution is 2.76. The van der Waals surface area contributed by atoms with E-state index < -0.39 is 109 Å². The fraction of sp³-hybridized carbons (Fsp3) is 0.917. The summed E-state index contributed by atoms with van der Waals surface area (Å²) in [6.45, 7) is 15.6. The summed E-state index contributed by atoms with van der Waals surface area (Å²) >= 11 is 0. The second-order valence-corrected chi connectivity index (χ2v) is 23.0. The van der Waals surface area contributed by atoms with Crippen LogP contribution in [0.25, 0.3) is 0 Å². The Kier molecular flexibility index (Phi) is 13.4. The lowest BCUT2D eigenvalue weighted by molar-refractivity contribution is -0.379. The zero-order valence-corrected chi connectivity index (χ0v) is 39.3. The molecule has 17 nitrogen and oxygen atoms in total. The van der Waals surface area contributed by atoms with Gasteiger partial charge in [-0.1, -0.05) is 53.2 Å². The van der Waals surface area contributed by atoms with Crippen LogP contribution in [0.15, 0.2) is 11.6 Å². The molecule has 3 aliphatic heterocycles. The van der Waals surface area contributed by atoms with E-state index in [9.17, 15) is 50.4 Å². The normalized spacial score (nSPS) is 53.0. The number of aliphatic carboxylic acids is 1. The number of esters is 1. The molecule has 22 atom stereocenters. The van der Waals surface area contributed by atoms with Gasteiger partial charge in [-0.2, -0.15) is 0 Å². The number of rotatable bonds is 9. The van der Waals surface area contributed by atoms with E-state index in [4.69, 9.17) is 33.2 Å². The third-order valence-electron chi connectivity index (χ3n) is 19.0. The van der Waals surface area contributed by atoms with Gasteiger partial charge in [-0.05, 0) is 111 Å². The topological polar surface area (TPSA) is 261 Å². The minimum atomic E-state index is -1.76. The maximum absolute atomic E-state index is 13.1. The summed E-state index contributed by atoms with van der Waals surface area (Å²) in [5.74, 6) is -1.13. The molecule has 3 saturated heterocycles. The molecule has 8 N–H and O–H groups in total. The summed E-state index contributed by atoms with van der Waals surface area (Å²) < 4.78 is 41.4. The molecule has 65 heavy (non-hydrogen) atoms. The molecule has 17 heteroatoms. The summed E-state index contributed by atoms with van der Waals surface area (Å²) in [6.07, 6.45) is -9.35. The second-order valence-electron chi connectivity index (χ2n) is 23.0. The van der Waals surface area contributed by atoms with Crippen molar-refractivity contribution in [3.63, 3.8) is 0 Å². The molecule has 0 amide bonds.